The number of aromatic nitrogens is 3. The summed E-state index contributed by atoms with van der Waals surface area (Å²) in [6.07, 6.45) is 2.37. The van der Waals surface area contributed by atoms with Crippen molar-refractivity contribution in [1.82, 2.24) is 15.2 Å². The summed E-state index contributed by atoms with van der Waals surface area (Å²) in [5.74, 6) is -1.76. The van der Waals surface area contributed by atoms with Gasteiger partial charge in [-0.05, 0) is 0 Å². The molecule has 2 rings (SSSR count). The zero-order valence-corrected chi connectivity index (χ0v) is 10.9. The van der Waals surface area contributed by atoms with Crippen molar-refractivity contribution in [3.63, 3.8) is 0 Å². The van der Waals surface area contributed by atoms with Crippen molar-refractivity contribution in [2.45, 2.75) is 4.90 Å². The van der Waals surface area contributed by atoms with Gasteiger partial charge in [-0.25, -0.2) is 22.5 Å². The third-order valence-electron chi connectivity index (χ3n) is 2.24. The lowest BCUT2D eigenvalue weighted by Crippen LogP contribution is -2.18. The third-order valence-corrected chi connectivity index (χ3v) is 3.66. The van der Waals surface area contributed by atoms with Crippen LogP contribution >= 0.6 is 0 Å². The van der Waals surface area contributed by atoms with Gasteiger partial charge in [0.1, 0.15) is 4.90 Å². The highest BCUT2D eigenvalue weighted by molar-refractivity contribution is 7.92. The second-order valence-electron chi connectivity index (χ2n) is 3.67. The van der Waals surface area contributed by atoms with E-state index in [4.69, 9.17) is 5.73 Å². The van der Waals surface area contributed by atoms with E-state index in [9.17, 15) is 22.9 Å². The van der Waals surface area contributed by atoms with E-state index < -0.39 is 43.0 Å². The molecule has 0 bridgehead atoms. The van der Waals surface area contributed by atoms with Gasteiger partial charge in [-0.1, -0.05) is 0 Å². The average Bonchev–Trinajstić information content (AvgIpc) is 2.37. The molecule has 1 aromatic carbocycles. The van der Waals surface area contributed by atoms with Crippen LogP contribution in [-0.2, 0) is 10.0 Å². The van der Waals surface area contributed by atoms with Gasteiger partial charge in [0.15, 0.2) is 5.82 Å². The number of nitrogens with one attached hydrogen (secondary N) is 1. The number of nitro groups is 1. The molecule has 1 heterocycles. The van der Waals surface area contributed by atoms with Crippen LogP contribution in [0.2, 0.25) is 0 Å². The number of nitrogens with zero attached hydrogens (tertiary/aromatic N) is 4. The van der Waals surface area contributed by atoms with Gasteiger partial charge in [0.25, 0.3) is 21.7 Å². The molecule has 0 amide bonds. The maximum absolute atomic E-state index is 13.8. The van der Waals surface area contributed by atoms with E-state index in [1.165, 1.54) is 12.4 Å². The van der Waals surface area contributed by atoms with Crippen LogP contribution in [0.1, 0.15) is 0 Å². The van der Waals surface area contributed by atoms with Crippen molar-refractivity contribution in [1.29, 1.82) is 0 Å². The number of benzene rings is 1. The first-order valence-electron chi connectivity index (χ1n) is 5.21. The number of hydrogen-bond donors (Lipinski definition) is 2. The summed E-state index contributed by atoms with van der Waals surface area (Å²) in [7, 11) is -4.45. The van der Waals surface area contributed by atoms with E-state index in [0.29, 0.717) is 6.07 Å². The topological polar surface area (TPSA) is 154 Å². The molecule has 3 N–H and O–H groups in total. The summed E-state index contributed by atoms with van der Waals surface area (Å²) < 4.78 is 39.7. The van der Waals surface area contributed by atoms with Crippen molar-refractivity contribution < 1.29 is 17.7 Å². The quantitative estimate of drug-likeness (QED) is 0.464. The van der Waals surface area contributed by atoms with E-state index in [-0.39, 0.29) is 0 Å². The Bertz CT molecular complexity index is 774. The molecule has 21 heavy (non-hydrogen) atoms. The molecule has 2 aromatic rings. The molecule has 110 valence electrons. The van der Waals surface area contributed by atoms with Crippen LogP contribution in [0.5, 0.6) is 0 Å². The van der Waals surface area contributed by atoms with Crippen molar-refractivity contribution >= 4 is 27.3 Å². The van der Waals surface area contributed by atoms with E-state index in [0.717, 1.165) is 6.07 Å². The van der Waals surface area contributed by atoms with Gasteiger partial charge < -0.3 is 5.73 Å². The molecule has 0 aliphatic heterocycles. The summed E-state index contributed by atoms with van der Waals surface area (Å²) in [4.78, 5) is 12.3. The normalized spacial score (nSPS) is 11.1. The molecular weight excluding hydrogens is 307 g/mol. The molecule has 12 heteroatoms. The number of nitro benzene ring substituents is 1. The van der Waals surface area contributed by atoms with Gasteiger partial charge in [-0.3, -0.25) is 10.1 Å². The number of halogens is 1. The first-order valence-corrected chi connectivity index (χ1v) is 6.69. The lowest BCUT2D eigenvalue weighted by atomic mass is 10.3. The minimum atomic E-state index is -4.45. The first-order chi connectivity index (χ1) is 9.81. The largest absolute Gasteiger partial charge is 0.397 e. The molecule has 0 aliphatic rings. The van der Waals surface area contributed by atoms with E-state index >= 15 is 0 Å². The Morgan fingerprint density at radius 1 is 1.33 bits per heavy atom. The summed E-state index contributed by atoms with van der Waals surface area (Å²) in [5.41, 5.74) is 4.10. The van der Waals surface area contributed by atoms with Crippen LogP contribution in [0, 0.1) is 15.9 Å². The van der Waals surface area contributed by atoms with Crippen LogP contribution in [0.4, 0.5) is 21.7 Å². The summed E-state index contributed by atoms with van der Waals surface area (Å²) in [6.45, 7) is 0. The fourth-order valence-electron chi connectivity index (χ4n) is 1.45. The molecule has 0 saturated carbocycles. The van der Waals surface area contributed by atoms with Gasteiger partial charge in [-0.15, -0.1) is 5.10 Å². The monoisotopic (exact) mass is 314 g/mol. The molecule has 0 atom stereocenters. The number of hydrogen-bond acceptors (Lipinski definition) is 8. The Labute approximate surface area is 117 Å². The smallest absolute Gasteiger partial charge is 0.274 e. The SMILES string of the molecule is Nc1cc([N+](=O)[O-])cc(F)c1S(=O)(=O)Nc1nccnn1. The second-order valence-corrected chi connectivity index (χ2v) is 5.29. The lowest BCUT2D eigenvalue weighted by molar-refractivity contribution is -0.385. The van der Waals surface area contributed by atoms with E-state index in [1.807, 2.05) is 4.72 Å². The third kappa shape index (κ3) is 3.00. The molecular formula is C9H7FN6O4S. The number of non-ortho nitro benzene ring substituents is 1. The minimum Gasteiger partial charge on any atom is -0.397 e. The van der Waals surface area contributed by atoms with Gasteiger partial charge in [0.05, 0.1) is 29.1 Å². The van der Waals surface area contributed by atoms with Crippen molar-refractivity contribution in [2.75, 3.05) is 10.5 Å². The van der Waals surface area contributed by atoms with Gasteiger partial charge in [0, 0.05) is 6.07 Å². The Hall–Kier alpha value is -2.89. The van der Waals surface area contributed by atoms with Crippen LogP contribution in [-0.4, -0.2) is 28.5 Å². The molecule has 0 radical (unpaired) electrons. The highest BCUT2D eigenvalue weighted by atomic mass is 32.2. The fourth-order valence-corrected chi connectivity index (χ4v) is 2.58. The summed E-state index contributed by atoms with van der Waals surface area (Å²) in [5, 5.41) is 17.3. The van der Waals surface area contributed by atoms with Crippen LogP contribution in [0.3, 0.4) is 0 Å². The van der Waals surface area contributed by atoms with Crippen LogP contribution < -0.4 is 10.5 Å². The van der Waals surface area contributed by atoms with Crippen LogP contribution in [0.15, 0.2) is 29.4 Å². The summed E-state index contributed by atoms with van der Waals surface area (Å²) in [6, 6.07) is 1.19. The number of nitrogens with two attached hydrogens (primary N) is 1. The Morgan fingerprint density at radius 3 is 2.57 bits per heavy atom. The number of anilines is 2. The van der Waals surface area contributed by atoms with Gasteiger partial charge in [0.2, 0.25) is 0 Å². The Kier molecular flexibility index (Phi) is 3.62. The molecule has 0 unspecified atom stereocenters. The molecule has 0 aliphatic carbocycles. The zero-order valence-electron chi connectivity index (χ0n) is 10.1. The zero-order chi connectivity index (χ0) is 15.6. The lowest BCUT2D eigenvalue weighted by Gasteiger charge is -2.09. The maximum Gasteiger partial charge on any atom is 0.274 e. The minimum absolute atomic E-state index is 0.394. The number of rotatable bonds is 4. The molecule has 0 spiro atoms. The fraction of sp³-hybridized carbons (Fsp3) is 0. The van der Waals surface area contributed by atoms with E-state index in [2.05, 4.69) is 15.2 Å². The average molecular weight is 314 g/mol. The highest BCUT2D eigenvalue weighted by Crippen LogP contribution is 2.28. The van der Waals surface area contributed by atoms with Crippen molar-refractivity contribution in [3.8, 4) is 0 Å². The number of sulfonamides is 1. The maximum atomic E-state index is 13.8. The molecule has 10 nitrogen and oxygen atoms in total. The molecule has 0 saturated heterocycles. The van der Waals surface area contributed by atoms with Gasteiger partial charge in [-0.2, -0.15) is 5.10 Å². The Morgan fingerprint density at radius 2 is 2.05 bits per heavy atom. The van der Waals surface area contributed by atoms with Crippen molar-refractivity contribution in [3.05, 3.63) is 40.5 Å². The van der Waals surface area contributed by atoms with Gasteiger partial charge >= 0.3 is 0 Å². The van der Waals surface area contributed by atoms with Crippen molar-refractivity contribution in [2.24, 2.45) is 0 Å². The highest BCUT2D eigenvalue weighted by Gasteiger charge is 2.26. The predicted octanol–water partition coefficient (Wildman–Crippen LogP) is 0.302. The van der Waals surface area contributed by atoms with Crippen LogP contribution in [0.25, 0.3) is 0 Å². The summed E-state index contributed by atoms with van der Waals surface area (Å²) >= 11 is 0. The van der Waals surface area contributed by atoms with E-state index in [1.54, 1.807) is 0 Å². The second kappa shape index (κ2) is 5.24. The number of nitrogen functional groups attached to an aromatic ring is 1. The predicted molar refractivity (Wildman–Crippen MR) is 68.1 cm³/mol. The molecule has 1 aromatic heterocycles. The Balaban J connectivity index is 2.48. The molecule has 0 fully saturated rings. The first kappa shape index (κ1) is 14.5. The standard InChI is InChI=1S/C9H7FN6O4S/c10-6-3-5(16(17)18)4-7(11)8(6)21(19,20)15-9-12-1-2-13-14-9/h1-4H,11H2,(H,12,14,15).